The SMILES string of the molecule is Cc1[nH]n(-c2ccc(S(C)=N)cn2)c(=O)c1-c1ccc(C#N)cc1. The quantitative estimate of drug-likeness (QED) is 0.769. The molecule has 7 heteroatoms. The van der Waals surface area contributed by atoms with E-state index >= 15 is 0 Å². The Kier molecular flexibility index (Phi) is 4.15. The van der Waals surface area contributed by atoms with Gasteiger partial charge in [-0.15, -0.1) is 0 Å². The van der Waals surface area contributed by atoms with Gasteiger partial charge in [-0.05, 0) is 43.0 Å². The van der Waals surface area contributed by atoms with Crippen molar-refractivity contribution in [3.8, 4) is 23.0 Å². The number of pyridine rings is 1. The molecule has 1 unspecified atom stereocenters. The minimum absolute atomic E-state index is 0.196. The fourth-order valence-electron chi connectivity index (χ4n) is 2.45. The molecule has 0 amide bonds. The molecule has 1 atom stereocenters. The van der Waals surface area contributed by atoms with Crippen molar-refractivity contribution < 1.29 is 0 Å². The molecule has 0 aliphatic heterocycles. The Hall–Kier alpha value is -2.98. The van der Waals surface area contributed by atoms with E-state index in [1.54, 1.807) is 42.8 Å². The van der Waals surface area contributed by atoms with Crippen LogP contribution in [-0.2, 0) is 10.7 Å². The summed E-state index contributed by atoms with van der Waals surface area (Å²) in [5, 5.41) is 11.9. The van der Waals surface area contributed by atoms with Crippen molar-refractivity contribution >= 4 is 10.7 Å². The number of hydrogen-bond acceptors (Lipinski definition) is 4. The zero-order valence-corrected chi connectivity index (χ0v) is 14.0. The lowest BCUT2D eigenvalue weighted by Gasteiger charge is -2.02. The summed E-state index contributed by atoms with van der Waals surface area (Å²) in [6, 6.07) is 12.5. The Morgan fingerprint density at radius 2 is 1.96 bits per heavy atom. The first-order valence-electron chi connectivity index (χ1n) is 7.17. The number of aromatic nitrogens is 3. The Bertz CT molecular complexity index is 1010. The van der Waals surface area contributed by atoms with Gasteiger partial charge in [0.05, 0.1) is 17.2 Å². The lowest BCUT2D eigenvalue weighted by Crippen LogP contribution is -2.16. The molecule has 0 radical (unpaired) electrons. The van der Waals surface area contributed by atoms with Crippen LogP contribution in [-0.4, -0.2) is 21.0 Å². The fourth-order valence-corrected chi connectivity index (χ4v) is 2.93. The molecule has 0 saturated heterocycles. The van der Waals surface area contributed by atoms with Gasteiger partial charge in [0.1, 0.15) is 0 Å². The molecule has 3 rings (SSSR count). The molecular formula is C17H15N5OS. The number of rotatable bonds is 3. The summed E-state index contributed by atoms with van der Waals surface area (Å²) in [5.41, 5.74) is 2.39. The molecular weight excluding hydrogens is 322 g/mol. The highest BCUT2D eigenvalue weighted by Crippen LogP contribution is 2.20. The van der Waals surface area contributed by atoms with E-state index in [0.29, 0.717) is 16.9 Å². The molecule has 3 aromatic rings. The first-order valence-corrected chi connectivity index (χ1v) is 8.80. The number of H-pyrrole nitrogens is 1. The average Bonchev–Trinajstić information content (AvgIpc) is 2.89. The fraction of sp³-hybridized carbons (Fsp3) is 0.118. The zero-order chi connectivity index (χ0) is 17.3. The van der Waals surface area contributed by atoms with Gasteiger partial charge in [0.2, 0.25) is 0 Å². The maximum atomic E-state index is 12.8. The highest BCUT2D eigenvalue weighted by atomic mass is 32.2. The van der Waals surface area contributed by atoms with Crippen LogP contribution in [0.1, 0.15) is 11.3 Å². The summed E-state index contributed by atoms with van der Waals surface area (Å²) in [5.74, 6) is 0.484. The molecule has 24 heavy (non-hydrogen) atoms. The van der Waals surface area contributed by atoms with Crippen molar-refractivity contribution in [1.29, 1.82) is 10.0 Å². The molecule has 2 N–H and O–H groups in total. The molecule has 0 aliphatic carbocycles. The summed E-state index contributed by atoms with van der Waals surface area (Å²) in [7, 11) is -0.618. The number of nitriles is 1. The van der Waals surface area contributed by atoms with Crippen molar-refractivity contribution in [3.63, 3.8) is 0 Å². The summed E-state index contributed by atoms with van der Waals surface area (Å²) in [6.07, 6.45) is 3.42. The van der Waals surface area contributed by atoms with E-state index in [4.69, 9.17) is 10.0 Å². The number of aryl methyl sites for hydroxylation is 1. The molecule has 0 aliphatic rings. The van der Waals surface area contributed by atoms with Crippen molar-refractivity contribution in [2.75, 3.05) is 6.26 Å². The molecule has 0 spiro atoms. The van der Waals surface area contributed by atoms with Crippen LogP contribution in [0.25, 0.3) is 16.9 Å². The number of nitrogens with zero attached hydrogens (tertiary/aromatic N) is 3. The van der Waals surface area contributed by atoms with E-state index in [1.165, 1.54) is 4.68 Å². The monoisotopic (exact) mass is 337 g/mol. The van der Waals surface area contributed by atoms with Gasteiger partial charge in [0, 0.05) is 16.8 Å². The van der Waals surface area contributed by atoms with Gasteiger partial charge in [0.25, 0.3) is 5.56 Å². The summed E-state index contributed by atoms with van der Waals surface area (Å²) < 4.78 is 9.10. The number of nitrogens with one attached hydrogen (secondary N) is 2. The van der Waals surface area contributed by atoms with Crippen molar-refractivity contribution in [3.05, 3.63) is 64.2 Å². The summed E-state index contributed by atoms with van der Waals surface area (Å²) >= 11 is 0. The molecule has 2 heterocycles. The van der Waals surface area contributed by atoms with Crippen LogP contribution in [0.15, 0.2) is 52.3 Å². The molecule has 0 bridgehead atoms. The van der Waals surface area contributed by atoms with Crippen LogP contribution in [0.4, 0.5) is 0 Å². The normalized spacial score (nSPS) is 11.9. The van der Waals surface area contributed by atoms with Crippen molar-refractivity contribution in [2.45, 2.75) is 11.8 Å². The third-order valence-electron chi connectivity index (χ3n) is 3.68. The third kappa shape index (κ3) is 2.79. The second-order valence-corrected chi connectivity index (χ2v) is 6.80. The maximum absolute atomic E-state index is 12.8. The minimum atomic E-state index is -0.618. The van der Waals surface area contributed by atoms with Crippen LogP contribution < -0.4 is 5.56 Å². The topological polar surface area (TPSA) is 98.3 Å². The summed E-state index contributed by atoms with van der Waals surface area (Å²) in [6.45, 7) is 1.83. The van der Waals surface area contributed by atoms with E-state index in [9.17, 15) is 4.79 Å². The zero-order valence-electron chi connectivity index (χ0n) is 13.2. The van der Waals surface area contributed by atoms with E-state index in [-0.39, 0.29) is 5.56 Å². The average molecular weight is 337 g/mol. The Morgan fingerprint density at radius 3 is 2.50 bits per heavy atom. The van der Waals surface area contributed by atoms with Crippen LogP contribution in [0.5, 0.6) is 0 Å². The van der Waals surface area contributed by atoms with Gasteiger partial charge >= 0.3 is 0 Å². The highest BCUT2D eigenvalue weighted by molar-refractivity contribution is 7.85. The van der Waals surface area contributed by atoms with E-state index in [0.717, 1.165) is 16.2 Å². The van der Waals surface area contributed by atoms with Crippen LogP contribution in [0.2, 0.25) is 0 Å². The van der Waals surface area contributed by atoms with Gasteiger partial charge in [-0.25, -0.2) is 9.67 Å². The van der Waals surface area contributed by atoms with Gasteiger partial charge in [0.15, 0.2) is 5.82 Å². The number of hydrogen-bond donors (Lipinski definition) is 2. The van der Waals surface area contributed by atoms with Gasteiger partial charge in [-0.2, -0.15) is 5.26 Å². The first-order chi connectivity index (χ1) is 11.5. The van der Waals surface area contributed by atoms with Gasteiger partial charge < -0.3 is 0 Å². The molecule has 1 aromatic carbocycles. The second kappa shape index (κ2) is 6.26. The maximum Gasteiger partial charge on any atom is 0.280 e. The molecule has 0 saturated carbocycles. The van der Waals surface area contributed by atoms with Crippen LogP contribution in [0.3, 0.4) is 0 Å². The second-order valence-electron chi connectivity index (χ2n) is 5.30. The van der Waals surface area contributed by atoms with Crippen molar-refractivity contribution in [1.82, 2.24) is 14.8 Å². The van der Waals surface area contributed by atoms with E-state index < -0.39 is 10.7 Å². The van der Waals surface area contributed by atoms with Crippen molar-refractivity contribution in [2.24, 2.45) is 0 Å². The van der Waals surface area contributed by atoms with Gasteiger partial charge in [-0.3, -0.25) is 14.7 Å². The number of aromatic amines is 1. The lowest BCUT2D eigenvalue weighted by atomic mass is 10.1. The Balaban J connectivity index is 2.07. The minimum Gasteiger partial charge on any atom is -0.293 e. The first kappa shape index (κ1) is 15.9. The lowest BCUT2D eigenvalue weighted by molar-refractivity contribution is 0.804. The highest BCUT2D eigenvalue weighted by Gasteiger charge is 2.15. The van der Waals surface area contributed by atoms with E-state index in [1.807, 2.05) is 13.0 Å². The van der Waals surface area contributed by atoms with Gasteiger partial charge in [-0.1, -0.05) is 22.8 Å². The van der Waals surface area contributed by atoms with E-state index in [2.05, 4.69) is 16.2 Å². The summed E-state index contributed by atoms with van der Waals surface area (Å²) in [4.78, 5) is 17.9. The van der Waals surface area contributed by atoms with Crippen LogP contribution in [0, 0.1) is 23.0 Å². The predicted molar refractivity (Wildman–Crippen MR) is 93.3 cm³/mol. The van der Waals surface area contributed by atoms with Crippen LogP contribution >= 0.6 is 0 Å². The molecule has 2 aromatic heterocycles. The molecule has 0 fully saturated rings. The number of benzene rings is 1. The third-order valence-corrected chi connectivity index (χ3v) is 4.63. The predicted octanol–water partition coefficient (Wildman–Crippen LogP) is 2.78. The molecule has 120 valence electrons. The largest absolute Gasteiger partial charge is 0.293 e. The Labute approximate surface area is 141 Å². The Morgan fingerprint density at radius 1 is 1.25 bits per heavy atom. The standard InChI is InChI=1S/C17H15N5OS/c1-11-16(13-5-3-12(9-18)4-6-13)17(23)22(21-11)15-8-7-14(10-20-15)24(2)19/h3-8,10,19,21H,1-2H3. The smallest absolute Gasteiger partial charge is 0.280 e. The molecule has 6 nitrogen and oxygen atoms in total.